The second-order valence-electron chi connectivity index (χ2n) is 4.95. The predicted molar refractivity (Wildman–Crippen MR) is 83.6 cm³/mol. The first-order valence-electron chi connectivity index (χ1n) is 6.56. The first kappa shape index (κ1) is 15.4. The number of nitrogens with zero attached hydrogens (tertiary/aromatic N) is 1. The van der Waals surface area contributed by atoms with Gasteiger partial charge in [-0.05, 0) is 41.8 Å². The molecule has 5 heteroatoms. The molecular formula is C16H17FN2OS. The highest BCUT2D eigenvalue weighted by atomic mass is 32.2. The Morgan fingerprint density at radius 2 is 1.86 bits per heavy atom. The first-order chi connectivity index (χ1) is 10.0. The Morgan fingerprint density at radius 1 is 1.19 bits per heavy atom. The molecule has 0 saturated carbocycles. The molecule has 0 radical (unpaired) electrons. The standard InChI is InChI=1S/C16H17FN2OS/c1-10(2)11-3-6-13(7-4-11)21-15-8-5-12(17)9-14(15)16(18)19-20/h3-10,20H,1-2H3,(H2,18,19). The van der Waals surface area contributed by atoms with Crippen molar-refractivity contribution in [3.05, 3.63) is 59.4 Å². The van der Waals surface area contributed by atoms with Crippen molar-refractivity contribution in [1.29, 1.82) is 0 Å². The van der Waals surface area contributed by atoms with Crippen molar-refractivity contribution in [2.24, 2.45) is 10.9 Å². The third-order valence-corrected chi connectivity index (χ3v) is 4.18. The zero-order valence-electron chi connectivity index (χ0n) is 11.9. The molecular weight excluding hydrogens is 287 g/mol. The van der Waals surface area contributed by atoms with Crippen molar-refractivity contribution in [1.82, 2.24) is 0 Å². The molecule has 0 fully saturated rings. The van der Waals surface area contributed by atoms with Crippen LogP contribution in [-0.4, -0.2) is 11.0 Å². The highest BCUT2D eigenvalue weighted by molar-refractivity contribution is 7.99. The third-order valence-electron chi connectivity index (χ3n) is 3.10. The molecule has 110 valence electrons. The summed E-state index contributed by atoms with van der Waals surface area (Å²) >= 11 is 1.45. The Morgan fingerprint density at radius 3 is 2.43 bits per heavy atom. The van der Waals surface area contributed by atoms with Crippen molar-refractivity contribution < 1.29 is 9.60 Å². The van der Waals surface area contributed by atoms with Crippen LogP contribution in [0.2, 0.25) is 0 Å². The van der Waals surface area contributed by atoms with Crippen molar-refractivity contribution >= 4 is 17.6 Å². The average Bonchev–Trinajstić information content (AvgIpc) is 2.48. The fourth-order valence-electron chi connectivity index (χ4n) is 1.89. The number of amidine groups is 1. The van der Waals surface area contributed by atoms with Crippen molar-refractivity contribution in [3.63, 3.8) is 0 Å². The fraction of sp³-hybridized carbons (Fsp3) is 0.188. The van der Waals surface area contributed by atoms with E-state index in [0.29, 0.717) is 11.5 Å². The van der Waals surface area contributed by atoms with Gasteiger partial charge in [0.1, 0.15) is 5.82 Å². The van der Waals surface area contributed by atoms with Crippen molar-refractivity contribution in [2.75, 3.05) is 0 Å². The van der Waals surface area contributed by atoms with Crippen LogP contribution in [0.1, 0.15) is 30.9 Å². The molecule has 0 aromatic heterocycles. The minimum absolute atomic E-state index is 0.101. The van der Waals surface area contributed by atoms with E-state index in [-0.39, 0.29) is 5.84 Å². The molecule has 0 aliphatic rings. The van der Waals surface area contributed by atoms with E-state index < -0.39 is 5.82 Å². The number of rotatable bonds is 4. The lowest BCUT2D eigenvalue weighted by Crippen LogP contribution is -2.14. The van der Waals surface area contributed by atoms with Crippen LogP contribution in [0.15, 0.2) is 57.4 Å². The molecule has 3 nitrogen and oxygen atoms in total. The predicted octanol–water partition coefficient (Wildman–Crippen LogP) is 4.19. The highest BCUT2D eigenvalue weighted by Crippen LogP contribution is 2.31. The molecule has 0 aliphatic heterocycles. The van der Waals surface area contributed by atoms with Gasteiger partial charge < -0.3 is 10.9 Å². The van der Waals surface area contributed by atoms with Gasteiger partial charge in [0, 0.05) is 15.4 Å². The van der Waals surface area contributed by atoms with E-state index in [1.807, 2.05) is 12.1 Å². The molecule has 21 heavy (non-hydrogen) atoms. The number of hydrogen-bond donors (Lipinski definition) is 2. The van der Waals surface area contributed by atoms with Crippen LogP contribution < -0.4 is 5.73 Å². The lowest BCUT2D eigenvalue weighted by Gasteiger charge is -2.10. The zero-order valence-corrected chi connectivity index (χ0v) is 12.7. The summed E-state index contributed by atoms with van der Waals surface area (Å²) in [5.74, 6) is -0.0468. The van der Waals surface area contributed by atoms with E-state index in [1.54, 1.807) is 6.07 Å². The quantitative estimate of drug-likeness (QED) is 0.385. The van der Waals surface area contributed by atoms with Gasteiger partial charge in [-0.2, -0.15) is 0 Å². The number of hydrogen-bond acceptors (Lipinski definition) is 3. The zero-order chi connectivity index (χ0) is 15.4. The lowest BCUT2D eigenvalue weighted by atomic mass is 10.0. The molecule has 0 heterocycles. The number of halogens is 1. The number of nitrogens with two attached hydrogens (primary N) is 1. The second kappa shape index (κ2) is 6.63. The van der Waals surface area contributed by atoms with Crippen LogP contribution in [0.4, 0.5) is 4.39 Å². The molecule has 3 N–H and O–H groups in total. The van der Waals surface area contributed by atoms with E-state index >= 15 is 0 Å². The molecule has 2 aromatic carbocycles. The Hall–Kier alpha value is -2.01. The number of benzene rings is 2. The largest absolute Gasteiger partial charge is 0.409 e. The van der Waals surface area contributed by atoms with Gasteiger partial charge in [-0.25, -0.2) is 4.39 Å². The van der Waals surface area contributed by atoms with Gasteiger partial charge in [0.25, 0.3) is 0 Å². The van der Waals surface area contributed by atoms with Crippen molar-refractivity contribution in [2.45, 2.75) is 29.6 Å². The monoisotopic (exact) mass is 304 g/mol. The molecule has 0 aliphatic carbocycles. The SMILES string of the molecule is CC(C)c1ccc(Sc2ccc(F)cc2C(N)=NO)cc1. The lowest BCUT2D eigenvalue weighted by molar-refractivity contribution is 0.318. The second-order valence-corrected chi connectivity index (χ2v) is 6.07. The highest BCUT2D eigenvalue weighted by Gasteiger charge is 2.10. The van der Waals surface area contributed by atoms with Gasteiger partial charge in [-0.15, -0.1) is 0 Å². The van der Waals surface area contributed by atoms with Crippen LogP contribution in [0.3, 0.4) is 0 Å². The number of oxime groups is 1. The maximum atomic E-state index is 13.3. The van der Waals surface area contributed by atoms with Crippen LogP contribution >= 0.6 is 11.8 Å². The summed E-state index contributed by atoms with van der Waals surface area (Å²) in [6.07, 6.45) is 0. The van der Waals surface area contributed by atoms with Crippen LogP contribution in [-0.2, 0) is 0 Å². The van der Waals surface area contributed by atoms with Crippen LogP contribution in [0, 0.1) is 5.82 Å². The van der Waals surface area contributed by atoms with Gasteiger partial charge in [0.2, 0.25) is 0 Å². The molecule has 0 bridgehead atoms. The Balaban J connectivity index is 2.31. The summed E-state index contributed by atoms with van der Waals surface area (Å²) in [5, 5.41) is 11.8. The van der Waals surface area contributed by atoms with E-state index in [4.69, 9.17) is 10.9 Å². The van der Waals surface area contributed by atoms with Gasteiger partial charge in [-0.1, -0.05) is 42.9 Å². The average molecular weight is 304 g/mol. The normalized spacial score (nSPS) is 11.9. The molecule has 0 amide bonds. The van der Waals surface area contributed by atoms with Crippen LogP contribution in [0.5, 0.6) is 0 Å². The topological polar surface area (TPSA) is 58.6 Å². The fourth-order valence-corrected chi connectivity index (χ4v) is 2.83. The molecule has 2 rings (SSSR count). The minimum Gasteiger partial charge on any atom is -0.409 e. The summed E-state index contributed by atoms with van der Waals surface area (Å²) in [5.41, 5.74) is 7.25. The molecule has 0 unspecified atom stereocenters. The summed E-state index contributed by atoms with van der Waals surface area (Å²) < 4.78 is 13.3. The maximum absolute atomic E-state index is 13.3. The van der Waals surface area contributed by atoms with Gasteiger partial charge in [0.05, 0.1) is 0 Å². The van der Waals surface area contributed by atoms with E-state index in [9.17, 15) is 4.39 Å². The first-order valence-corrected chi connectivity index (χ1v) is 7.38. The van der Waals surface area contributed by atoms with E-state index in [0.717, 1.165) is 9.79 Å². The minimum atomic E-state index is -0.420. The summed E-state index contributed by atoms with van der Waals surface area (Å²) in [6.45, 7) is 4.28. The van der Waals surface area contributed by atoms with Crippen LogP contribution in [0.25, 0.3) is 0 Å². The summed E-state index contributed by atoms with van der Waals surface area (Å²) in [7, 11) is 0. The molecule has 0 atom stereocenters. The third kappa shape index (κ3) is 3.76. The van der Waals surface area contributed by atoms with E-state index in [1.165, 1.54) is 29.5 Å². The summed E-state index contributed by atoms with van der Waals surface area (Å²) in [6, 6.07) is 12.4. The smallest absolute Gasteiger partial charge is 0.171 e. The Labute approximate surface area is 127 Å². The Kier molecular flexibility index (Phi) is 4.85. The van der Waals surface area contributed by atoms with E-state index in [2.05, 4.69) is 31.1 Å². The Bertz CT molecular complexity index is 654. The van der Waals surface area contributed by atoms with Gasteiger partial charge >= 0.3 is 0 Å². The molecule has 0 saturated heterocycles. The molecule has 0 spiro atoms. The van der Waals surface area contributed by atoms with Gasteiger partial charge in [0.15, 0.2) is 5.84 Å². The summed E-state index contributed by atoms with van der Waals surface area (Å²) in [4.78, 5) is 1.75. The van der Waals surface area contributed by atoms with Gasteiger partial charge in [-0.3, -0.25) is 0 Å². The maximum Gasteiger partial charge on any atom is 0.171 e. The molecule has 2 aromatic rings. The van der Waals surface area contributed by atoms with Crippen molar-refractivity contribution in [3.8, 4) is 0 Å².